The van der Waals surface area contributed by atoms with E-state index in [9.17, 15) is 4.79 Å². The molecule has 7 heteroatoms. The zero-order valence-electron chi connectivity index (χ0n) is 6.30. The summed E-state index contributed by atoms with van der Waals surface area (Å²) in [6, 6.07) is -1.00. The van der Waals surface area contributed by atoms with Gasteiger partial charge in [-0.25, -0.2) is 0 Å². The molecule has 0 fully saturated rings. The zero-order chi connectivity index (χ0) is 9.78. The SMILES string of the molecule is [B]C(O)(O)CSC[C@H](N)C(=O)O. The Hall–Kier alpha value is -0.235. The summed E-state index contributed by atoms with van der Waals surface area (Å²) in [6.07, 6.45) is 0. The van der Waals surface area contributed by atoms with Gasteiger partial charge in [0.15, 0.2) is 7.85 Å². The Kier molecular flexibility index (Phi) is 4.62. The fraction of sp³-hybridized carbons (Fsp3) is 0.800. The van der Waals surface area contributed by atoms with Gasteiger partial charge in [-0.1, -0.05) is 0 Å². The first kappa shape index (κ1) is 11.8. The summed E-state index contributed by atoms with van der Waals surface area (Å²) >= 11 is 0.966. The van der Waals surface area contributed by atoms with E-state index in [-0.39, 0.29) is 11.5 Å². The van der Waals surface area contributed by atoms with Gasteiger partial charge in [0.1, 0.15) is 11.7 Å². The molecule has 5 N–H and O–H groups in total. The molecule has 0 aliphatic rings. The Balaban J connectivity index is 3.51. The highest BCUT2D eigenvalue weighted by Crippen LogP contribution is 2.08. The molecule has 0 aromatic heterocycles. The maximum atomic E-state index is 10.2. The normalized spacial score (nSPS) is 14.2. The third-order valence-electron chi connectivity index (χ3n) is 0.929. The summed E-state index contributed by atoms with van der Waals surface area (Å²) < 4.78 is 0. The summed E-state index contributed by atoms with van der Waals surface area (Å²) in [5.41, 5.74) is 2.86. The van der Waals surface area contributed by atoms with Crippen LogP contribution < -0.4 is 5.73 Å². The van der Waals surface area contributed by atoms with Crippen LogP contribution in [-0.4, -0.2) is 52.4 Å². The van der Waals surface area contributed by atoms with Crippen molar-refractivity contribution in [2.75, 3.05) is 11.5 Å². The molecular weight excluding hydrogens is 181 g/mol. The molecule has 5 nitrogen and oxygen atoms in total. The maximum absolute atomic E-state index is 10.2. The van der Waals surface area contributed by atoms with E-state index in [2.05, 4.69) is 0 Å². The number of hydrogen-bond donors (Lipinski definition) is 4. The van der Waals surface area contributed by atoms with Crippen molar-refractivity contribution in [3.63, 3.8) is 0 Å². The van der Waals surface area contributed by atoms with Gasteiger partial charge in [-0.15, -0.1) is 0 Å². The van der Waals surface area contributed by atoms with Crippen molar-refractivity contribution in [3.05, 3.63) is 0 Å². The summed E-state index contributed by atoms with van der Waals surface area (Å²) in [4.78, 5) is 10.2. The highest BCUT2D eigenvalue weighted by Gasteiger charge is 2.17. The molecule has 0 spiro atoms. The van der Waals surface area contributed by atoms with Gasteiger partial charge in [-0.2, -0.15) is 11.8 Å². The van der Waals surface area contributed by atoms with Crippen molar-refractivity contribution in [2.45, 2.75) is 11.7 Å². The third kappa shape index (κ3) is 6.47. The quantitative estimate of drug-likeness (QED) is 0.294. The molecule has 0 aromatic rings. The standard InChI is InChI=1S/C5H10BNO4S/c6-5(10,11)2-12-1-3(7)4(8)9/h3,10-11H,1-2,7H2,(H,8,9)/t3-/m0/s1. The fourth-order valence-electron chi connectivity index (χ4n) is 0.407. The number of carboxylic acids is 1. The van der Waals surface area contributed by atoms with Gasteiger partial charge in [0.25, 0.3) is 0 Å². The van der Waals surface area contributed by atoms with Gasteiger partial charge >= 0.3 is 5.97 Å². The van der Waals surface area contributed by atoms with E-state index in [0.29, 0.717) is 0 Å². The van der Waals surface area contributed by atoms with Crippen LogP contribution in [0.1, 0.15) is 0 Å². The van der Waals surface area contributed by atoms with E-state index >= 15 is 0 Å². The second-order valence-electron chi connectivity index (χ2n) is 2.34. The Labute approximate surface area is 75.4 Å². The summed E-state index contributed by atoms with van der Waals surface area (Å²) in [7, 11) is 4.80. The number of aliphatic carboxylic acids is 1. The Bertz CT molecular complexity index is 160. The van der Waals surface area contributed by atoms with E-state index < -0.39 is 17.7 Å². The van der Waals surface area contributed by atoms with Crippen LogP contribution in [0.5, 0.6) is 0 Å². The van der Waals surface area contributed by atoms with E-state index in [1.807, 2.05) is 0 Å². The van der Waals surface area contributed by atoms with Gasteiger partial charge in [0.2, 0.25) is 0 Å². The molecule has 0 aromatic carbocycles. The van der Waals surface area contributed by atoms with Crippen LogP contribution in [0.2, 0.25) is 0 Å². The Morgan fingerprint density at radius 2 is 2.17 bits per heavy atom. The molecule has 0 saturated heterocycles. The number of carboxylic acid groups (broad SMARTS) is 1. The molecule has 0 aliphatic carbocycles. The molecule has 0 amide bonds. The molecule has 68 valence electrons. The number of carbonyl (C=O) groups is 1. The minimum absolute atomic E-state index is 0.0927. The van der Waals surface area contributed by atoms with E-state index in [0.717, 1.165) is 11.8 Å². The highest BCUT2D eigenvalue weighted by molar-refractivity contribution is 7.99. The van der Waals surface area contributed by atoms with Gasteiger partial charge in [0.05, 0.1) is 0 Å². The van der Waals surface area contributed by atoms with Crippen LogP contribution in [0.4, 0.5) is 0 Å². The van der Waals surface area contributed by atoms with Crippen LogP contribution in [0.15, 0.2) is 0 Å². The van der Waals surface area contributed by atoms with Crippen LogP contribution >= 0.6 is 11.8 Å². The molecule has 0 aliphatic heterocycles. The smallest absolute Gasteiger partial charge is 0.321 e. The molecule has 2 radical (unpaired) electrons. The average molecular weight is 191 g/mol. The lowest BCUT2D eigenvalue weighted by Crippen LogP contribution is -2.35. The number of nitrogens with two attached hydrogens (primary N) is 1. The molecule has 0 rings (SSSR count). The number of hydrogen-bond acceptors (Lipinski definition) is 5. The molecule has 12 heavy (non-hydrogen) atoms. The van der Waals surface area contributed by atoms with Crippen LogP contribution in [0.25, 0.3) is 0 Å². The lowest BCUT2D eigenvalue weighted by Gasteiger charge is -2.16. The molecule has 0 saturated carbocycles. The molecule has 0 heterocycles. The maximum Gasteiger partial charge on any atom is 0.321 e. The average Bonchev–Trinajstić information content (AvgIpc) is 1.84. The first-order chi connectivity index (χ1) is 5.33. The number of thioether (sulfide) groups is 1. The molecule has 0 bridgehead atoms. The summed E-state index contributed by atoms with van der Waals surface area (Å²) in [5.74, 6) is -1.20. The van der Waals surface area contributed by atoms with Gasteiger partial charge in [0, 0.05) is 11.5 Å². The lowest BCUT2D eigenvalue weighted by molar-refractivity contribution is -0.137. The number of aliphatic hydroxyl groups is 2. The van der Waals surface area contributed by atoms with E-state index in [4.69, 9.17) is 28.9 Å². The van der Waals surface area contributed by atoms with Crippen molar-refractivity contribution in [1.29, 1.82) is 0 Å². The van der Waals surface area contributed by atoms with E-state index in [1.54, 1.807) is 0 Å². The summed E-state index contributed by atoms with van der Waals surface area (Å²) in [5, 5.41) is 25.5. The predicted octanol–water partition coefficient (Wildman–Crippen LogP) is -2.06. The van der Waals surface area contributed by atoms with Crippen LogP contribution in [0, 0.1) is 0 Å². The third-order valence-corrected chi connectivity index (χ3v) is 2.15. The number of rotatable bonds is 5. The van der Waals surface area contributed by atoms with Gasteiger partial charge < -0.3 is 21.1 Å². The second kappa shape index (κ2) is 4.71. The fourth-order valence-corrected chi connectivity index (χ4v) is 1.22. The van der Waals surface area contributed by atoms with Crippen molar-refractivity contribution in [3.8, 4) is 0 Å². The highest BCUT2D eigenvalue weighted by atomic mass is 32.2. The predicted molar refractivity (Wildman–Crippen MR) is 45.9 cm³/mol. The lowest BCUT2D eigenvalue weighted by atomic mass is 9.98. The second-order valence-corrected chi connectivity index (χ2v) is 3.37. The summed E-state index contributed by atoms with van der Waals surface area (Å²) in [6.45, 7) is 0. The monoisotopic (exact) mass is 191 g/mol. The van der Waals surface area contributed by atoms with Crippen LogP contribution in [-0.2, 0) is 4.79 Å². The Morgan fingerprint density at radius 3 is 2.50 bits per heavy atom. The first-order valence-electron chi connectivity index (χ1n) is 3.12. The van der Waals surface area contributed by atoms with Crippen molar-refractivity contribution < 1.29 is 20.1 Å². The Morgan fingerprint density at radius 1 is 1.67 bits per heavy atom. The zero-order valence-corrected chi connectivity index (χ0v) is 7.12. The van der Waals surface area contributed by atoms with Gasteiger partial charge in [-0.3, -0.25) is 4.79 Å². The van der Waals surface area contributed by atoms with Gasteiger partial charge in [-0.05, 0) is 0 Å². The molecule has 0 unspecified atom stereocenters. The van der Waals surface area contributed by atoms with Crippen LogP contribution in [0.3, 0.4) is 0 Å². The van der Waals surface area contributed by atoms with E-state index in [1.165, 1.54) is 0 Å². The van der Waals surface area contributed by atoms with Crippen molar-refractivity contribution in [2.24, 2.45) is 5.73 Å². The molecule has 1 atom stereocenters. The minimum atomic E-state index is -2.26. The van der Waals surface area contributed by atoms with Crippen molar-refractivity contribution >= 4 is 25.6 Å². The largest absolute Gasteiger partial charge is 0.480 e. The molecular formula is C5H10BNO4S. The minimum Gasteiger partial charge on any atom is -0.480 e. The van der Waals surface area contributed by atoms with Crippen molar-refractivity contribution in [1.82, 2.24) is 0 Å². The topological polar surface area (TPSA) is 104 Å². The first-order valence-corrected chi connectivity index (χ1v) is 4.28.